The van der Waals surface area contributed by atoms with Crippen LogP contribution in [0.5, 0.6) is 0 Å². The van der Waals surface area contributed by atoms with Crippen LogP contribution in [0.1, 0.15) is 21.6 Å². The van der Waals surface area contributed by atoms with Crippen LogP contribution in [-0.4, -0.2) is 22.4 Å². The normalized spacial score (nSPS) is 10.7. The molecule has 0 aliphatic rings. The molecule has 5 nitrogen and oxygen atoms in total. The van der Waals surface area contributed by atoms with E-state index in [-0.39, 0.29) is 5.91 Å². The summed E-state index contributed by atoms with van der Waals surface area (Å²) in [6.45, 7) is 2.54. The molecule has 2 heterocycles. The molecule has 2 aromatic carbocycles. The van der Waals surface area contributed by atoms with Crippen LogP contribution in [0.25, 0.3) is 22.8 Å². The van der Waals surface area contributed by atoms with Crippen molar-refractivity contribution in [1.82, 2.24) is 15.3 Å². The van der Waals surface area contributed by atoms with Gasteiger partial charge in [0, 0.05) is 36.0 Å². The summed E-state index contributed by atoms with van der Waals surface area (Å²) in [7, 11) is 0. The average molecular weight is 383 g/mol. The van der Waals surface area contributed by atoms with Gasteiger partial charge in [-0.3, -0.25) is 9.78 Å². The fraction of sp³-hybridized carbons (Fsp3) is 0.125. The highest BCUT2D eigenvalue weighted by Gasteiger charge is 2.16. The fourth-order valence-electron chi connectivity index (χ4n) is 3.06. The van der Waals surface area contributed by atoms with Gasteiger partial charge >= 0.3 is 0 Å². The van der Waals surface area contributed by atoms with Crippen LogP contribution in [0.4, 0.5) is 0 Å². The minimum absolute atomic E-state index is 0.161. The summed E-state index contributed by atoms with van der Waals surface area (Å²) in [4.78, 5) is 21.4. The van der Waals surface area contributed by atoms with Crippen molar-refractivity contribution in [2.75, 3.05) is 6.54 Å². The lowest BCUT2D eigenvalue weighted by Gasteiger charge is -2.08. The summed E-state index contributed by atoms with van der Waals surface area (Å²) in [6, 6.07) is 21.1. The molecular formula is C24H21N3O2. The average Bonchev–Trinajstić information content (AvgIpc) is 3.25. The topological polar surface area (TPSA) is 68.0 Å². The number of aryl methyl sites for hydroxylation is 1. The van der Waals surface area contributed by atoms with Gasteiger partial charge < -0.3 is 9.73 Å². The summed E-state index contributed by atoms with van der Waals surface area (Å²) in [5, 5.41) is 2.95. The summed E-state index contributed by atoms with van der Waals surface area (Å²) in [6.07, 6.45) is 4.11. The summed E-state index contributed by atoms with van der Waals surface area (Å²) < 4.78 is 5.96. The number of pyridine rings is 1. The monoisotopic (exact) mass is 383 g/mol. The number of oxazole rings is 1. The Morgan fingerprint density at radius 1 is 0.966 bits per heavy atom. The van der Waals surface area contributed by atoms with E-state index in [2.05, 4.69) is 15.3 Å². The van der Waals surface area contributed by atoms with Crippen molar-refractivity contribution in [3.05, 3.63) is 95.9 Å². The standard InChI is InChI=1S/C24H21N3O2/c1-17-9-11-18(12-10-17)22-16-27-24(29-22)21-8-3-2-7-20(21)23(28)26-15-13-19-6-4-5-14-25-19/h2-12,14,16H,13,15H2,1H3,(H,26,28). The third kappa shape index (κ3) is 4.41. The van der Waals surface area contributed by atoms with Gasteiger partial charge in [-0.25, -0.2) is 4.98 Å². The lowest BCUT2D eigenvalue weighted by Crippen LogP contribution is -2.26. The molecule has 1 N–H and O–H groups in total. The third-order valence-electron chi connectivity index (χ3n) is 4.64. The van der Waals surface area contributed by atoms with E-state index in [9.17, 15) is 4.79 Å². The highest BCUT2D eigenvalue weighted by atomic mass is 16.4. The Kier molecular flexibility index (Phi) is 5.47. The second-order valence-electron chi connectivity index (χ2n) is 6.77. The van der Waals surface area contributed by atoms with Crippen molar-refractivity contribution in [3.63, 3.8) is 0 Å². The quantitative estimate of drug-likeness (QED) is 0.525. The third-order valence-corrected chi connectivity index (χ3v) is 4.64. The minimum Gasteiger partial charge on any atom is -0.436 e. The first-order valence-electron chi connectivity index (χ1n) is 9.51. The van der Waals surface area contributed by atoms with E-state index in [0.717, 1.165) is 11.3 Å². The molecule has 0 aliphatic carbocycles. The molecule has 0 spiro atoms. The lowest BCUT2D eigenvalue weighted by atomic mass is 10.1. The summed E-state index contributed by atoms with van der Waals surface area (Å²) >= 11 is 0. The Morgan fingerprint density at radius 3 is 2.55 bits per heavy atom. The van der Waals surface area contributed by atoms with E-state index >= 15 is 0 Å². The van der Waals surface area contributed by atoms with Crippen molar-refractivity contribution in [2.24, 2.45) is 0 Å². The molecular weight excluding hydrogens is 362 g/mol. The molecule has 0 fully saturated rings. The van der Waals surface area contributed by atoms with Crippen LogP contribution in [0, 0.1) is 6.92 Å². The molecule has 5 heteroatoms. The van der Waals surface area contributed by atoms with E-state index in [0.29, 0.717) is 35.7 Å². The largest absolute Gasteiger partial charge is 0.436 e. The van der Waals surface area contributed by atoms with Gasteiger partial charge in [0.05, 0.1) is 11.8 Å². The van der Waals surface area contributed by atoms with E-state index < -0.39 is 0 Å². The van der Waals surface area contributed by atoms with E-state index in [1.807, 2.05) is 67.6 Å². The van der Waals surface area contributed by atoms with Gasteiger partial charge in [0.2, 0.25) is 5.89 Å². The van der Waals surface area contributed by atoms with Crippen LogP contribution >= 0.6 is 0 Å². The number of carbonyl (C=O) groups excluding carboxylic acids is 1. The first-order chi connectivity index (χ1) is 14.2. The SMILES string of the molecule is Cc1ccc(-c2cnc(-c3ccccc3C(=O)NCCc3ccccn3)o2)cc1. The second-order valence-corrected chi connectivity index (χ2v) is 6.77. The molecule has 0 saturated carbocycles. The van der Waals surface area contributed by atoms with E-state index in [4.69, 9.17) is 4.42 Å². The molecule has 0 atom stereocenters. The zero-order chi connectivity index (χ0) is 20.1. The van der Waals surface area contributed by atoms with Crippen LogP contribution < -0.4 is 5.32 Å². The Balaban J connectivity index is 1.51. The van der Waals surface area contributed by atoms with Crippen LogP contribution in [0.15, 0.2) is 83.5 Å². The van der Waals surface area contributed by atoms with E-state index in [1.54, 1.807) is 18.5 Å². The second kappa shape index (κ2) is 8.52. The number of benzene rings is 2. The minimum atomic E-state index is -0.161. The van der Waals surface area contributed by atoms with Crippen LogP contribution in [-0.2, 0) is 6.42 Å². The number of hydrogen-bond acceptors (Lipinski definition) is 4. The molecule has 4 rings (SSSR count). The molecule has 0 saturated heterocycles. The number of aromatic nitrogens is 2. The Morgan fingerprint density at radius 2 is 1.76 bits per heavy atom. The van der Waals surface area contributed by atoms with Crippen LogP contribution in [0.2, 0.25) is 0 Å². The Labute approximate surface area is 169 Å². The highest BCUT2D eigenvalue weighted by Crippen LogP contribution is 2.28. The predicted octanol–water partition coefficient (Wildman–Crippen LogP) is 4.68. The number of rotatable bonds is 6. The molecule has 0 aliphatic heterocycles. The van der Waals surface area contributed by atoms with Gasteiger partial charge in [-0.05, 0) is 31.2 Å². The Bertz CT molecular complexity index is 1100. The fourth-order valence-corrected chi connectivity index (χ4v) is 3.06. The van der Waals surface area contributed by atoms with Crippen LogP contribution in [0.3, 0.4) is 0 Å². The van der Waals surface area contributed by atoms with Gasteiger partial charge in [-0.15, -0.1) is 0 Å². The van der Waals surface area contributed by atoms with Gasteiger partial charge in [0.25, 0.3) is 5.91 Å². The Hall–Kier alpha value is -3.73. The molecule has 29 heavy (non-hydrogen) atoms. The maximum Gasteiger partial charge on any atom is 0.252 e. The molecule has 144 valence electrons. The highest BCUT2D eigenvalue weighted by molar-refractivity contribution is 6.00. The summed E-state index contributed by atoms with van der Waals surface area (Å²) in [5.74, 6) is 0.938. The van der Waals surface area contributed by atoms with Crippen molar-refractivity contribution < 1.29 is 9.21 Å². The number of hydrogen-bond donors (Lipinski definition) is 1. The molecule has 0 radical (unpaired) electrons. The van der Waals surface area contributed by atoms with Crippen molar-refractivity contribution >= 4 is 5.91 Å². The predicted molar refractivity (Wildman–Crippen MR) is 112 cm³/mol. The molecule has 2 aromatic heterocycles. The van der Waals surface area contributed by atoms with Gasteiger partial charge in [0.1, 0.15) is 0 Å². The molecule has 4 aromatic rings. The number of carbonyl (C=O) groups is 1. The zero-order valence-electron chi connectivity index (χ0n) is 16.1. The molecule has 0 unspecified atom stereocenters. The maximum atomic E-state index is 12.7. The van der Waals surface area contributed by atoms with Crippen molar-refractivity contribution in [1.29, 1.82) is 0 Å². The molecule has 0 bridgehead atoms. The summed E-state index contributed by atoms with van der Waals surface area (Å²) in [5.41, 5.74) is 4.27. The van der Waals surface area contributed by atoms with Crippen molar-refractivity contribution in [3.8, 4) is 22.8 Å². The smallest absolute Gasteiger partial charge is 0.252 e. The first-order valence-corrected chi connectivity index (χ1v) is 9.51. The molecule has 1 amide bonds. The van der Waals surface area contributed by atoms with Gasteiger partial charge in [-0.1, -0.05) is 48.0 Å². The van der Waals surface area contributed by atoms with Gasteiger partial charge in [0.15, 0.2) is 5.76 Å². The van der Waals surface area contributed by atoms with Gasteiger partial charge in [-0.2, -0.15) is 0 Å². The first kappa shape index (κ1) is 18.6. The maximum absolute atomic E-state index is 12.7. The lowest BCUT2D eigenvalue weighted by molar-refractivity contribution is 0.0954. The van der Waals surface area contributed by atoms with E-state index in [1.165, 1.54) is 5.56 Å². The zero-order valence-corrected chi connectivity index (χ0v) is 16.1. The van der Waals surface area contributed by atoms with Crippen molar-refractivity contribution in [2.45, 2.75) is 13.3 Å². The number of nitrogens with zero attached hydrogens (tertiary/aromatic N) is 2. The number of amides is 1. The number of nitrogens with one attached hydrogen (secondary N) is 1.